The smallest absolute Gasteiger partial charge is 0.435 e. The van der Waals surface area contributed by atoms with Crippen LogP contribution in [0.25, 0.3) is 0 Å². The molecule has 0 spiro atoms. The monoisotopic (exact) mass is 592 g/mol. The number of hydrogen-bond acceptors (Lipinski definition) is 5. The van der Waals surface area contributed by atoms with Gasteiger partial charge in [-0.05, 0) is 36.1 Å². The van der Waals surface area contributed by atoms with Gasteiger partial charge in [-0.1, -0.05) is 64.2 Å². The highest BCUT2D eigenvalue weighted by atomic mass is 35.5. The van der Waals surface area contributed by atoms with Crippen molar-refractivity contribution >= 4 is 52.4 Å². The van der Waals surface area contributed by atoms with Gasteiger partial charge < -0.3 is 15.3 Å². The van der Waals surface area contributed by atoms with Crippen molar-refractivity contribution in [1.82, 2.24) is 0 Å². The van der Waals surface area contributed by atoms with Crippen LogP contribution in [0, 0.1) is 5.92 Å². The predicted octanol–water partition coefficient (Wildman–Crippen LogP) is 6.36. The van der Waals surface area contributed by atoms with E-state index in [4.69, 9.17) is 50.1 Å². The zero-order valence-electron chi connectivity index (χ0n) is 19.4. The summed E-state index contributed by atoms with van der Waals surface area (Å²) in [5.41, 5.74) is -0.518. The second kappa shape index (κ2) is 8.99. The Morgan fingerprint density at radius 2 is 1.61 bits per heavy atom. The predicted molar refractivity (Wildman–Crippen MR) is 131 cm³/mol. The van der Waals surface area contributed by atoms with E-state index < -0.39 is 47.3 Å². The fourth-order valence-corrected chi connectivity index (χ4v) is 5.32. The third kappa shape index (κ3) is 4.40. The number of benzene rings is 2. The molecule has 3 aliphatic rings. The van der Waals surface area contributed by atoms with E-state index >= 15 is 4.39 Å². The number of halogens is 7. The zero-order chi connectivity index (χ0) is 27.7. The van der Waals surface area contributed by atoms with Crippen LogP contribution in [0.2, 0.25) is 15.1 Å². The van der Waals surface area contributed by atoms with E-state index in [1.54, 1.807) is 0 Å². The van der Waals surface area contributed by atoms with E-state index in [2.05, 4.69) is 5.16 Å². The van der Waals surface area contributed by atoms with Crippen LogP contribution in [-0.2, 0) is 30.4 Å². The summed E-state index contributed by atoms with van der Waals surface area (Å²) in [4.78, 5) is 28.7. The average Bonchev–Trinajstić information content (AvgIpc) is 3.46. The number of nitrogens with zero attached hydrogens (tertiary/aromatic N) is 1. The highest BCUT2D eigenvalue weighted by Crippen LogP contribution is 2.52. The van der Waals surface area contributed by atoms with E-state index in [0.717, 1.165) is 12.1 Å². The molecule has 2 aromatic rings. The molecule has 1 atom stereocenters. The van der Waals surface area contributed by atoms with Crippen molar-refractivity contribution in [3.05, 3.63) is 68.2 Å². The molecular weight excluding hydrogens is 575 g/mol. The van der Waals surface area contributed by atoms with Crippen LogP contribution in [0.5, 0.6) is 0 Å². The van der Waals surface area contributed by atoms with Crippen molar-refractivity contribution in [2.24, 2.45) is 16.8 Å². The van der Waals surface area contributed by atoms with E-state index in [1.807, 2.05) is 0 Å². The first-order valence-corrected chi connectivity index (χ1v) is 12.6. The molecular formula is C25H19Cl3F4N2O4. The van der Waals surface area contributed by atoms with Gasteiger partial charge in [-0.3, -0.25) is 9.59 Å². The van der Waals surface area contributed by atoms with Crippen LogP contribution in [0.1, 0.15) is 48.8 Å². The lowest BCUT2D eigenvalue weighted by Crippen LogP contribution is -2.45. The van der Waals surface area contributed by atoms with Crippen molar-refractivity contribution in [1.29, 1.82) is 0 Å². The molecule has 202 valence electrons. The summed E-state index contributed by atoms with van der Waals surface area (Å²) >= 11 is 17.8. The molecule has 0 radical (unpaired) electrons. The Bertz CT molecular complexity index is 1330. The van der Waals surface area contributed by atoms with Crippen LogP contribution >= 0.6 is 34.8 Å². The second-order valence-corrected chi connectivity index (χ2v) is 11.0. The molecule has 5 rings (SSSR count). The van der Waals surface area contributed by atoms with Crippen molar-refractivity contribution in [2.75, 3.05) is 0 Å². The molecule has 2 saturated carbocycles. The van der Waals surface area contributed by atoms with Crippen molar-refractivity contribution in [3.8, 4) is 0 Å². The third-order valence-electron chi connectivity index (χ3n) is 7.29. The Morgan fingerprint density at radius 1 is 1.03 bits per heavy atom. The number of carbonyl (C=O) groups is 2. The summed E-state index contributed by atoms with van der Waals surface area (Å²) in [5, 5.41) is 3.26. The van der Waals surface area contributed by atoms with Crippen molar-refractivity contribution in [3.63, 3.8) is 0 Å². The highest BCUT2D eigenvalue weighted by Gasteiger charge is 2.62. The molecule has 6 nitrogen and oxygen atoms in total. The van der Waals surface area contributed by atoms with Gasteiger partial charge in [0.05, 0.1) is 26.7 Å². The van der Waals surface area contributed by atoms with Crippen molar-refractivity contribution in [2.45, 2.75) is 55.2 Å². The standard InChI is InChI=1S/C25H19Cl3F4N2O4/c26-16-7-15(8-17(27)19(16)28)24(25(30,31)32)11-18(34-38-24)12-1-3-14(4-2-12)22(29)9-13(10-22)20(35)37-23(5-6-23)21(33)36/h1-4,7-8,13H,5-6,9-11H2,(H2,33,36). The average molecular weight is 594 g/mol. The van der Waals surface area contributed by atoms with Gasteiger partial charge in [0.25, 0.3) is 11.5 Å². The number of carbonyl (C=O) groups excluding carboxylic acids is 2. The van der Waals surface area contributed by atoms with Gasteiger partial charge in [-0.2, -0.15) is 13.2 Å². The summed E-state index contributed by atoms with van der Waals surface area (Å²) in [6.07, 6.45) is -5.17. The van der Waals surface area contributed by atoms with Crippen LogP contribution in [0.4, 0.5) is 17.6 Å². The fraction of sp³-hybridized carbons (Fsp3) is 0.400. The maximum absolute atomic E-state index is 15.4. The number of oxime groups is 1. The highest BCUT2D eigenvalue weighted by molar-refractivity contribution is 6.48. The summed E-state index contributed by atoms with van der Waals surface area (Å²) in [7, 11) is 0. The summed E-state index contributed by atoms with van der Waals surface area (Å²) in [5.74, 6) is -2.12. The minimum absolute atomic E-state index is 0.0137. The van der Waals surface area contributed by atoms with E-state index in [-0.39, 0.29) is 44.7 Å². The summed E-state index contributed by atoms with van der Waals surface area (Å²) < 4.78 is 63.4. The second-order valence-electron chi connectivity index (χ2n) is 9.81. The number of esters is 1. The fourth-order valence-electron chi connectivity index (χ4n) is 4.72. The lowest BCUT2D eigenvalue weighted by molar-refractivity contribution is -0.275. The molecule has 1 heterocycles. The molecule has 1 amide bonds. The Kier molecular flexibility index (Phi) is 6.40. The van der Waals surface area contributed by atoms with Gasteiger partial charge in [0.1, 0.15) is 5.67 Å². The van der Waals surface area contributed by atoms with Crippen molar-refractivity contribution < 1.29 is 36.7 Å². The molecule has 2 aromatic carbocycles. The summed E-state index contributed by atoms with van der Waals surface area (Å²) in [6.45, 7) is 0. The first-order valence-electron chi connectivity index (χ1n) is 11.5. The number of primary amides is 1. The van der Waals surface area contributed by atoms with Gasteiger partial charge in [0.15, 0.2) is 5.60 Å². The van der Waals surface area contributed by atoms with Gasteiger partial charge in [-0.15, -0.1) is 0 Å². The molecule has 13 heteroatoms. The number of alkyl halides is 4. The number of amides is 1. The van der Waals surface area contributed by atoms with Crippen LogP contribution in [0.15, 0.2) is 41.6 Å². The first-order chi connectivity index (χ1) is 17.7. The molecule has 0 aromatic heterocycles. The van der Waals surface area contributed by atoms with Gasteiger partial charge in [-0.25, -0.2) is 4.39 Å². The maximum Gasteiger partial charge on any atom is 0.435 e. The van der Waals surface area contributed by atoms with Gasteiger partial charge in [0, 0.05) is 24.8 Å². The zero-order valence-corrected chi connectivity index (χ0v) is 21.6. The van der Waals surface area contributed by atoms with E-state index in [1.165, 1.54) is 24.3 Å². The Balaban J connectivity index is 1.29. The maximum atomic E-state index is 15.4. The molecule has 2 aliphatic carbocycles. The SMILES string of the molecule is NC(=O)C1(OC(=O)C2CC(F)(c3ccc(C4=NOC(c5cc(Cl)c(Cl)c(Cl)c5)(C(F)(F)F)C4)cc3)C2)CC1. The normalized spacial score (nSPS) is 27.7. The number of nitrogens with two attached hydrogens (primary N) is 1. The van der Waals surface area contributed by atoms with E-state index in [9.17, 15) is 22.8 Å². The number of rotatable bonds is 6. The number of hydrogen-bond donors (Lipinski definition) is 1. The molecule has 38 heavy (non-hydrogen) atoms. The molecule has 0 bridgehead atoms. The summed E-state index contributed by atoms with van der Waals surface area (Å²) in [6, 6.07) is 7.79. The van der Waals surface area contributed by atoms with Crippen LogP contribution in [-0.4, -0.2) is 29.4 Å². The third-order valence-corrected chi connectivity index (χ3v) is 8.49. The largest absolute Gasteiger partial charge is 0.449 e. The van der Waals surface area contributed by atoms with Crippen LogP contribution < -0.4 is 5.73 Å². The lowest BCUT2D eigenvalue weighted by atomic mass is 9.68. The molecule has 1 unspecified atom stereocenters. The van der Waals surface area contributed by atoms with E-state index in [0.29, 0.717) is 18.4 Å². The Hall–Kier alpha value is -2.56. The number of ether oxygens (including phenoxy) is 1. The quantitative estimate of drug-likeness (QED) is 0.240. The van der Waals surface area contributed by atoms with Crippen LogP contribution in [0.3, 0.4) is 0 Å². The minimum Gasteiger partial charge on any atom is -0.449 e. The molecule has 0 saturated heterocycles. The molecule has 2 N–H and O–H groups in total. The first kappa shape index (κ1) is 27.0. The minimum atomic E-state index is -4.88. The lowest BCUT2D eigenvalue weighted by Gasteiger charge is -2.40. The molecule has 1 aliphatic heterocycles. The molecule has 2 fully saturated rings. The topological polar surface area (TPSA) is 91.0 Å². The van der Waals surface area contributed by atoms with Gasteiger partial charge >= 0.3 is 12.1 Å². The van der Waals surface area contributed by atoms with Gasteiger partial charge in [0.2, 0.25) is 0 Å². The Labute approximate surface area is 229 Å². The Morgan fingerprint density at radius 3 is 2.11 bits per heavy atom.